The minimum absolute atomic E-state index is 0.472. The summed E-state index contributed by atoms with van der Waals surface area (Å²) in [4.78, 5) is 2.52. The molecule has 2 heterocycles. The van der Waals surface area contributed by atoms with Gasteiger partial charge in [-0.1, -0.05) is 56.3 Å². The Labute approximate surface area is 214 Å². The van der Waals surface area contributed by atoms with E-state index in [0.717, 1.165) is 60.0 Å². The molecule has 186 valence electrons. The number of nitrogens with one attached hydrogen (secondary N) is 1. The number of benzene rings is 3. The highest BCUT2D eigenvalue weighted by molar-refractivity contribution is 5.72. The maximum absolute atomic E-state index is 5.81. The lowest BCUT2D eigenvalue weighted by atomic mass is 9.96. The van der Waals surface area contributed by atoms with Crippen LogP contribution >= 0.6 is 0 Å². The number of hydrogen-bond donors (Lipinski definition) is 1. The average molecular weight is 481 g/mol. The van der Waals surface area contributed by atoms with Gasteiger partial charge in [-0.05, 0) is 55.2 Å². The molecular weight excluding hydrogens is 444 g/mol. The number of hydrogen-bond acceptors (Lipinski definition) is 4. The van der Waals surface area contributed by atoms with Gasteiger partial charge in [-0.15, -0.1) is 0 Å². The first kappa shape index (κ1) is 24.0. The van der Waals surface area contributed by atoms with Crippen LogP contribution in [0.25, 0.3) is 16.9 Å². The van der Waals surface area contributed by atoms with Gasteiger partial charge in [0.2, 0.25) is 0 Å². The van der Waals surface area contributed by atoms with Crippen molar-refractivity contribution in [3.05, 3.63) is 89.1 Å². The summed E-state index contributed by atoms with van der Waals surface area (Å²) in [6.07, 6.45) is 0.908. The summed E-state index contributed by atoms with van der Waals surface area (Å²) >= 11 is 0. The third-order valence-electron chi connectivity index (χ3n) is 7.11. The molecule has 0 atom stereocenters. The number of rotatable bonds is 7. The van der Waals surface area contributed by atoms with Crippen LogP contribution in [0.2, 0.25) is 0 Å². The minimum atomic E-state index is 0.472. The van der Waals surface area contributed by atoms with Crippen LogP contribution < -0.4 is 15.0 Å². The van der Waals surface area contributed by atoms with Gasteiger partial charge in [-0.2, -0.15) is 5.10 Å². The van der Waals surface area contributed by atoms with E-state index in [9.17, 15) is 0 Å². The Bertz CT molecular complexity index is 1350. The highest BCUT2D eigenvalue weighted by Gasteiger charge is 2.28. The third kappa shape index (κ3) is 4.34. The Morgan fingerprint density at radius 3 is 2.50 bits per heavy atom. The van der Waals surface area contributed by atoms with Crippen molar-refractivity contribution in [3.63, 3.8) is 0 Å². The van der Waals surface area contributed by atoms with E-state index < -0.39 is 0 Å². The van der Waals surface area contributed by atoms with Crippen molar-refractivity contribution in [2.75, 3.05) is 30.4 Å². The first-order valence-corrected chi connectivity index (χ1v) is 12.9. The number of fused-ring (bicyclic) bond motifs is 1. The maximum Gasteiger partial charge on any atom is 0.144 e. The number of aromatic nitrogens is 2. The lowest BCUT2D eigenvalue weighted by Gasteiger charge is -2.31. The van der Waals surface area contributed by atoms with Gasteiger partial charge in [0.05, 0.1) is 18.5 Å². The van der Waals surface area contributed by atoms with Crippen molar-refractivity contribution in [1.29, 1.82) is 0 Å². The molecule has 1 aliphatic heterocycles. The maximum atomic E-state index is 5.81. The topological polar surface area (TPSA) is 42.3 Å². The average Bonchev–Trinajstić information content (AvgIpc) is 3.27. The first-order chi connectivity index (χ1) is 17.5. The lowest BCUT2D eigenvalue weighted by molar-refractivity contribution is 0.411. The van der Waals surface area contributed by atoms with Crippen molar-refractivity contribution >= 4 is 11.4 Å². The molecule has 5 nitrogen and oxygen atoms in total. The number of para-hydroxylation sites is 2. The van der Waals surface area contributed by atoms with Gasteiger partial charge in [0.25, 0.3) is 0 Å². The number of aryl methyl sites for hydroxylation is 1. The van der Waals surface area contributed by atoms with Gasteiger partial charge in [0.1, 0.15) is 11.4 Å². The lowest BCUT2D eigenvalue weighted by Crippen LogP contribution is -2.31. The standard InChI is InChI=1S/C31H36N4O/c1-6-32-24-16-14-23(15-17-24)31-26-20-34(28-12-8-7-11-25(28)21(2)3)19-18-27(26)33-35(31)30-22(4)10-9-13-29(30)36-5/h7-17,21,32H,6,18-20H2,1-5H3. The van der Waals surface area contributed by atoms with Gasteiger partial charge in [-0.25, -0.2) is 4.68 Å². The highest BCUT2D eigenvalue weighted by Crippen LogP contribution is 2.39. The van der Waals surface area contributed by atoms with Gasteiger partial charge in [0.15, 0.2) is 0 Å². The summed E-state index contributed by atoms with van der Waals surface area (Å²) < 4.78 is 7.93. The summed E-state index contributed by atoms with van der Waals surface area (Å²) in [6.45, 7) is 11.5. The van der Waals surface area contributed by atoms with E-state index in [1.54, 1.807) is 7.11 Å². The summed E-state index contributed by atoms with van der Waals surface area (Å²) in [5, 5.41) is 8.62. The molecule has 0 amide bonds. The molecule has 0 radical (unpaired) electrons. The Morgan fingerprint density at radius 1 is 1.00 bits per heavy atom. The van der Waals surface area contributed by atoms with Gasteiger partial charge < -0.3 is 15.0 Å². The fourth-order valence-electron chi connectivity index (χ4n) is 5.32. The molecule has 1 aromatic heterocycles. The molecule has 5 heteroatoms. The molecule has 3 aromatic carbocycles. The molecule has 0 saturated carbocycles. The largest absolute Gasteiger partial charge is 0.494 e. The molecule has 0 bridgehead atoms. The molecule has 0 saturated heterocycles. The second-order valence-corrected chi connectivity index (χ2v) is 9.80. The van der Waals surface area contributed by atoms with Gasteiger partial charge in [0, 0.05) is 48.6 Å². The molecule has 36 heavy (non-hydrogen) atoms. The van der Waals surface area contributed by atoms with Crippen LogP contribution in [0, 0.1) is 6.92 Å². The van der Waals surface area contributed by atoms with E-state index in [0.29, 0.717) is 5.92 Å². The Kier molecular flexibility index (Phi) is 6.73. The van der Waals surface area contributed by atoms with Crippen molar-refractivity contribution in [3.8, 4) is 22.7 Å². The summed E-state index contributed by atoms with van der Waals surface area (Å²) in [5.74, 6) is 1.31. The second kappa shape index (κ2) is 10.1. The Hall–Kier alpha value is -3.73. The zero-order chi connectivity index (χ0) is 25.2. The number of ether oxygens (including phenoxy) is 1. The highest BCUT2D eigenvalue weighted by atomic mass is 16.5. The smallest absolute Gasteiger partial charge is 0.144 e. The van der Waals surface area contributed by atoms with Crippen LogP contribution in [-0.2, 0) is 13.0 Å². The predicted octanol–water partition coefficient (Wildman–Crippen LogP) is 6.97. The van der Waals surface area contributed by atoms with E-state index in [2.05, 4.69) is 97.2 Å². The Balaban J connectivity index is 1.67. The number of methoxy groups -OCH3 is 1. The van der Waals surface area contributed by atoms with E-state index in [4.69, 9.17) is 9.84 Å². The van der Waals surface area contributed by atoms with Crippen molar-refractivity contribution < 1.29 is 4.74 Å². The van der Waals surface area contributed by atoms with E-state index in [1.807, 2.05) is 12.1 Å². The molecule has 0 fully saturated rings. The molecule has 1 N–H and O–H groups in total. The normalized spacial score (nSPS) is 13.1. The zero-order valence-corrected chi connectivity index (χ0v) is 22.0. The molecule has 5 rings (SSSR count). The second-order valence-electron chi connectivity index (χ2n) is 9.80. The van der Waals surface area contributed by atoms with Crippen molar-refractivity contribution in [2.45, 2.75) is 46.6 Å². The molecule has 0 aliphatic carbocycles. The van der Waals surface area contributed by atoms with E-state index in [1.165, 1.54) is 22.5 Å². The Morgan fingerprint density at radius 2 is 1.78 bits per heavy atom. The summed E-state index contributed by atoms with van der Waals surface area (Å²) in [5.41, 5.74) is 10.8. The minimum Gasteiger partial charge on any atom is -0.494 e. The van der Waals surface area contributed by atoms with Crippen molar-refractivity contribution in [1.82, 2.24) is 9.78 Å². The summed E-state index contributed by atoms with van der Waals surface area (Å²) in [7, 11) is 1.73. The predicted molar refractivity (Wildman–Crippen MR) is 150 cm³/mol. The van der Waals surface area contributed by atoms with Crippen LogP contribution in [0.5, 0.6) is 5.75 Å². The molecule has 0 unspecified atom stereocenters. The van der Waals surface area contributed by atoms with Crippen LogP contribution in [0.15, 0.2) is 66.7 Å². The van der Waals surface area contributed by atoms with E-state index >= 15 is 0 Å². The molecular formula is C31H36N4O. The van der Waals surface area contributed by atoms with Crippen molar-refractivity contribution in [2.24, 2.45) is 0 Å². The van der Waals surface area contributed by atoms with Crippen LogP contribution in [-0.4, -0.2) is 30.0 Å². The van der Waals surface area contributed by atoms with Crippen LogP contribution in [0.3, 0.4) is 0 Å². The fourth-order valence-corrected chi connectivity index (χ4v) is 5.32. The number of nitrogens with zero attached hydrogens (tertiary/aromatic N) is 3. The molecule has 4 aromatic rings. The van der Waals surface area contributed by atoms with Crippen LogP contribution in [0.4, 0.5) is 11.4 Å². The van der Waals surface area contributed by atoms with Gasteiger partial charge >= 0.3 is 0 Å². The quantitative estimate of drug-likeness (QED) is 0.310. The van der Waals surface area contributed by atoms with Gasteiger partial charge in [-0.3, -0.25) is 0 Å². The SMILES string of the molecule is CCNc1ccc(-c2c3c(nn2-c2c(C)cccc2OC)CCN(c2ccccc2C(C)C)C3)cc1. The zero-order valence-electron chi connectivity index (χ0n) is 22.0. The van der Waals surface area contributed by atoms with E-state index in [-0.39, 0.29) is 0 Å². The van der Waals surface area contributed by atoms with Crippen LogP contribution in [0.1, 0.15) is 49.1 Å². The number of anilines is 2. The monoisotopic (exact) mass is 480 g/mol. The fraction of sp³-hybridized carbons (Fsp3) is 0.323. The molecule has 0 spiro atoms. The third-order valence-corrected chi connectivity index (χ3v) is 7.11. The summed E-state index contributed by atoms with van der Waals surface area (Å²) in [6, 6.07) is 23.7. The molecule has 1 aliphatic rings. The first-order valence-electron chi connectivity index (χ1n) is 12.9.